The Bertz CT molecular complexity index is 536. The lowest BCUT2D eigenvalue weighted by molar-refractivity contribution is 0.399. The maximum absolute atomic E-state index is 11.3. The van der Waals surface area contributed by atoms with Crippen LogP contribution in [0.15, 0.2) is 29.1 Å². The van der Waals surface area contributed by atoms with Gasteiger partial charge in [-0.1, -0.05) is 0 Å². The Balaban J connectivity index is 2.84. The van der Waals surface area contributed by atoms with Crippen molar-refractivity contribution in [2.75, 3.05) is 7.11 Å². The first kappa shape index (κ1) is 9.45. The van der Waals surface area contributed by atoms with Crippen molar-refractivity contribution in [3.63, 3.8) is 0 Å². The van der Waals surface area contributed by atoms with Crippen LogP contribution in [0.3, 0.4) is 0 Å². The summed E-state index contributed by atoms with van der Waals surface area (Å²) in [4.78, 5) is 15.5. The number of nitrogens with zero attached hydrogens (tertiary/aromatic N) is 2. The first-order chi connectivity index (χ1) is 6.72. The molecule has 0 atom stereocenters. The molecule has 0 spiro atoms. The van der Waals surface area contributed by atoms with Gasteiger partial charge in [0.1, 0.15) is 0 Å². The molecule has 2 rings (SSSR count). The molecule has 0 aromatic carbocycles. The summed E-state index contributed by atoms with van der Waals surface area (Å²) in [6, 6.07) is 6.90. The highest BCUT2D eigenvalue weighted by Crippen LogP contribution is 2.15. The highest BCUT2D eigenvalue weighted by Gasteiger charge is 2.02. The van der Waals surface area contributed by atoms with Crippen molar-refractivity contribution in [3.05, 3.63) is 34.6 Å². The largest absolute Gasteiger partial charge is 0.481 e. The zero-order valence-corrected chi connectivity index (χ0v) is 9.56. The summed E-state index contributed by atoms with van der Waals surface area (Å²) in [7, 11) is 1.55. The molecule has 2 heterocycles. The van der Waals surface area contributed by atoms with Gasteiger partial charge in [-0.25, -0.2) is 2.78 Å². The maximum Gasteiger partial charge on any atom is 0.261 e. The van der Waals surface area contributed by atoms with E-state index in [4.69, 9.17) is 4.74 Å². The first-order valence-electron chi connectivity index (χ1n) is 3.95. The minimum Gasteiger partial charge on any atom is -0.481 e. The quantitative estimate of drug-likeness (QED) is 0.752. The lowest BCUT2D eigenvalue weighted by Gasteiger charge is -2.03. The van der Waals surface area contributed by atoms with Crippen molar-refractivity contribution in [2.24, 2.45) is 0 Å². The first-order valence-corrected chi connectivity index (χ1v) is 4.92. The number of halogens is 1. The molecule has 0 unspecified atom stereocenters. The number of methoxy groups -OCH3 is 1. The Morgan fingerprint density at radius 2 is 2.07 bits per heavy atom. The van der Waals surface area contributed by atoms with Crippen LogP contribution in [0, 0.1) is 0 Å². The van der Waals surface area contributed by atoms with E-state index in [0.29, 0.717) is 11.5 Å². The molecule has 0 amide bonds. The van der Waals surface area contributed by atoms with Crippen LogP contribution in [0.1, 0.15) is 0 Å². The highest BCUT2D eigenvalue weighted by atomic mass is 127. The van der Waals surface area contributed by atoms with Gasteiger partial charge in [-0.15, -0.1) is 0 Å². The summed E-state index contributed by atoms with van der Waals surface area (Å²) in [5.41, 5.74) is 0.538. The number of pyridine rings is 2. The summed E-state index contributed by atoms with van der Waals surface area (Å²) in [6.45, 7) is 0. The summed E-state index contributed by atoms with van der Waals surface area (Å²) in [6.07, 6.45) is 0. The molecule has 0 aliphatic carbocycles. The van der Waals surface area contributed by atoms with Crippen LogP contribution in [0.4, 0.5) is 0 Å². The number of rotatable bonds is 1. The van der Waals surface area contributed by atoms with Crippen molar-refractivity contribution in [3.8, 4) is 5.88 Å². The third kappa shape index (κ3) is 1.47. The minimum atomic E-state index is -0.0844. The normalized spacial score (nSPS) is 10.4. The smallest absolute Gasteiger partial charge is 0.261 e. The van der Waals surface area contributed by atoms with Gasteiger partial charge in [0.25, 0.3) is 5.56 Å². The zero-order valence-electron chi connectivity index (χ0n) is 7.40. The molecule has 2 aromatic rings. The van der Waals surface area contributed by atoms with Gasteiger partial charge < -0.3 is 4.74 Å². The fourth-order valence-corrected chi connectivity index (χ4v) is 1.72. The molecule has 5 heteroatoms. The second-order valence-corrected chi connectivity index (χ2v) is 3.68. The van der Waals surface area contributed by atoms with Crippen LogP contribution in [-0.2, 0) is 0 Å². The lowest BCUT2D eigenvalue weighted by Crippen LogP contribution is -2.11. The van der Waals surface area contributed by atoms with Gasteiger partial charge in [-0.2, -0.15) is 4.98 Å². The lowest BCUT2D eigenvalue weighted by atomic mass is 10.3. The van der Waals surface area contributed by atoms with Crippen LogP contribution in [0.25, 0.3) is 11.0 Å². The fourth-order valence-electron chi connectivity index (χ4n) is 1.17. The molecule has 0 aliphatic heterocycles. The van der Waals surface area contributed by atoms with Gasteiger partial charge in [0.15, 0.2) is 5.65 Å². The maximum atomic E-state index is 11.3. The molecule has 0 saturated carbocycles. The number of hydrogen-bond acceptors (Lipinski definition) is 3. The molecule has 0 N–H and O–H groups in total. The van der Waals surface area contributed by atoms with Gasteiger partial charge in [-0.3, -0.25) is 4.79 Å². The number of hydrogen-bond donors (Lipinski definition) is 0. The Morgan fingerprint density at radius 1 is 1.36 bits per heavy atom. The van der Waals surface area contributed by atoms with Gasteiger partial charge in [-0.05, 0) is 12.1 Å². The zero-order chi connectivity index (χ0) is 10.1. The number of fused-ring (bicyclic) bond motifs is 1. The Morgan fingerprint density at radius 3 is 2.79 bits per heavy atom. The van der Waals surface area contributed by atoms with E-state index in [9.17, 15) is 4.79 Å². The third-order valence-corrected chi connectivity index (χ3v) is 2.81. The van der Waals surface area contributed by atoms with E-state index in [1.54, 1.807) is 19.2 Å². The molecular weight excluding hydrogens is 295 g/mol. The Kier molecular flexibility index (Phi) is 2.40. The molecule has 0 saturated heterocycles. The molecule has 4 nitrogen and oxygen atoms in total. The predicted octanol–water partition coefficient (Wildman–Crippen LogP) is 1.60. The summed E-state index contributed by atoms with van der Waals surface area (Å²) < 4.78 is 6.46. The molecule has 0 bridgehead atoms. The second-order valence-electron chi connectivity index (χ2n) is 2.72. The number of ether oxygens (including phenoxy) is 1. The van der Waals surface area contributed by atoms with Crippen LogP contribution < -0.4 is 10.3 Å². The SMILES string of the molecule is COc1ccc2ccc(=O)n(I)c2n1. The van der Waals surface area contributed by atoms with E-state index in [2.05, 4.69) is 4.98 Å². The van der Waals surface area contributed by atoms with Crippen LogP contribution in [0.2, 0.25) is 0 Å². The fraction of sp³-hybridized carbons (Fsp3) is 0.111. The summed E-state index contributed by atoms with van der Waals surface area (Å²) in [5, 5.41) is 0.916. The average Bonchev–Trinajstić information content (AvgIpc) is 2.23. The molecule has 0 fully saturated rings. The number of aromatic nitrogens is 2. The van der Waals surface area contributed by atoms with E-state index >= 15 is 0 Å². The van der Waals surface area contributed by atoms with Gasteiger partial charge in [0.2, 0.25) is 5.88 Å². The van der Waals surface area contributed by atoms with Gasteiger partial charge >= 0.3 is 0 Å². The summed E-state index contributed by atoms with van der Waals surface area (Å²) >= 11 is 1.92. The van der Waals surface area contributed by atoms with E-state index in [1.165, 1.54) is 8.85 Å². The minimum absolute atomic E-state index is 0.0844. The average molecular weight is 302 g/mol. The van der Waals surface area contributed by atoms with E-state index in [0.717, 1.165) is 5.39 Å². The summed E-state index contributed by atoms with van der Waals surface area (Å²) in [5.74, 6) is 0.508. The van der Waals surface area contributed by atoms with Crippen molar-refractivity contribution in [1.29, 1.82) is 0 Å². The van der Waals surface area contributed by atoms with Gasteiger partial charge in [0.05, 0.1) is 30.0 Å². The Hall–Kier alpha value is -1.11. The molecular formula is C9H7IN2O2. The molecule has 0 radical (unpaired) electrons. The van der Waals surface area contributed by atoms with Crippen LogP contribution in [-0.4, -0.2) is 14.9 Å². The van der Waals surface area contributed by atoms with Crippen molar-refractivity contribution in [1.82, 2.24) is 7.76 Å². The van der Waals surface area contributed by atoms with Crippen molar-refractivity contribution >= 4 is 33.9 Å². The highest BCUT2D eigenvalue weighted by molar-refractivity contribution is 14.1. The van der Waals surface area contributed by atoms with E-state index in [-0.39, 0.29) is 5.56 Å². The van der Waals surface area contributed by atoms with Crippen LogP contribution >= 0.6 is 22.9 Å². The molecule has 2 aromatic heterocycles. The molecule has 14 heavy (non-hydrogen) atoms. The molecule has 0 aliphatic rings. The van der Waals surface area contributed by atoms with E-state index < -0.39 is 0 Å². The predicted molar refractivity (Wildman–Crippen MR) is 62.0 cm³/mol. The second kappa shape index (κ2) is 3.56. The Labute approximate surface area is 94.0 Å². The third-order valence-electron chi connectivity index (χ3n) is 1.87. The molecule has 72 valence electrons. The van der Waals surface area contributed by atoms with Gasteiger partial charge in [0, 0.05) is 17.5 Å². The topological polar surface area (TPSA) is 44.1 Å². The van der Waals surface area contributed by atoms with E-state index in [1.807, 2.05) is 28.9 Å². The monoisotopic (exact) mass is 302 g/mol. The standard InChI is InChI=1S/C9H7IN2O2/c1-14-7-4-2-6-3-5-8(13)12(10)9(6)11-7/h2-5H,1H3. The van der Waals surface area contributed by atoms with Crippen molar-refractivity contribution in [2.45, 2.75) is 0 Å². The van der Waals surface area contributed by atoms with Crippen molar-refractivity contribution < 1.29 is 4.74 Å². The van der Waals surface area contributed by atoms with Crippen LogP contribution in [0.5, 0.6) is 5.88 Å².